The minimum atomic E-state index is -0.333. The number of carbonyl (C=O) groups excluding carboxylic acids is 1. The number of likely N-dealkylation sites (N-methyl/N-ethyl adjacent to an activating group) is 1. The molecule has 5 nitrogen and oxygen atoms in total. The summed E-state index contributed by atoms with van der Waals surface area (Å²) in [7, 11) is 1.79. The average Bonchev–Trinajstić information content (AvgIpc) is 2.87. The Morgan fingerprint density at radius 2 is 2.44 bits per heavy atom. The number of carbonyl (C=O) groups is 1. The molecule has 5 heteroatoms. The molecule has 1 aromatic rings. The van der Waals surface area contributed by atoms with Gasteiger partial charge in [0.1, 0.15) is 6.10 Å². The normalized spacial score (nSPS) is 23.0. The number of hydrogen-bond acceptors (Lipinski definition) is 4. The largest absolute Gasteiger partial charge is 0.364 e. The standard InChI is InChI=1S/C13H19N3O2/c1-16(9-10-3-2-6-15-8-10)13(17)12-5-4-11(7-14)18-12/h2-3,6,8,11-12H,4-5,7,9,14H2,1H3/t11-,12+/m1/s1. The van der Waals surface area contributed by atoms with Gasteiger partial charge in [0.05, 0.1) is 6.10 Å². The summed E-state index contributed by atoms with van der Waals surface area (Å²) in [6, 6.07) is 3.82. The van der Waals surface area contributed by atoms with Crippen LogP contribution < -0.4 is 5.73 Å². The third kappa shape index (κ3) is 3.05. The van der Waals surface area contributed by atoms with Crippen molar-refractivity contribution in [3.8, 4) is 0 Å². The monoisotopic (exact) mass is 249 g/mol. The zero-order valence-corrected chi connectivity index (χ0v) is 10.6. The molecule has 1 fully saturated rings. The van der Waals surface area contributed by atoms with Crippen LogP contribution in [-0.2, 0) is 16.1 Å². The Labute approximate surface area is 107 Å². The summed E-state index contributed by atoms with van der Waals surface area (Å²) < 4.78 is 5.60. The smallest absolute Gasteiger partial charge is 0.251 e. The number of rotatable bonds is 4. The predicted molar refractivity (Wildman–Crippen MR) is 67.7 cm³/mol. The van der Waals surface area contributed by atoms with Gasteiger partial charge < -0.3 is 15.4 Å². The Morgan fingerprint density at radius 3 is 3.06 bits per heavy atom. The Balaban J connectivity index is 1.89. The lowest BCUT2D eigenvalue weighted by Crippen LogP contribution is -2.36. The van der Waals surface area contributed by atoms with Gasteiger partial charge in [-0.1, -0.05) is 6.07 Å². The first-order chi connectivity index (χ1) is 8.70. The third-order valence-electron chi connectivity index (χ3n) is 3.16. The molecule has 1 aromatic heterocycles. The summed E-state index contributed by atoms with van der Waals surface area (Å²) >= 11 is 0. The molecule has 1 aliphatic heterocycles. The molecule has 1 amide bonds. The van der Waals surface area contributed by atoms with E-state index in [1.165, 1.54) is 0 Å². The van der Waals surface area contributed by atoms with E-state index in [0.717, 1.165) is 18.4 Å². The number of amides is 1. The van der Waals surface area contributed by atoms with E-state index in [1.54, 1.807) is 24.3 Å². The van der Waals surface area contributed by atoms with Gasteiger partial charge in [-0.15, -0.1) is 0 Å². The van der Waals surface area contributed by atoms with Crippen LogP contribution in [0.4, 0.5) is 0 Å². The second-order valence-corrected chi connectivity index (χ2v) is 4.62. The fourth-order valence-corrected chi connectivity index (χ4v) is 2.15. The minimum absolute atomic E-state index is 0.0230. The molecular weight excluding hydrogens is 230 g/mol. The van der Waals surface area contributed by atoms with Crippen LogP contribution in [0.15, 0.2) is 24.5 Å². The van der Waals surface area contributed by atoms with Crippen LogP contribution in [0.25, 0.3) is 0 Å². The number of nitrogens with zero attached hydrogens (tertiary/aromatic N) is 2. The molecule has 1 saturated heterocycles. The van der Waals surface area contributed by atoms with E-state index in [-0.39, 0.29) is 18.1 Å². The summed E-state index contributed by atoms with van der Waals surface area (Å²) in [5, 5.41) is 0. The number of ether oxygens (including phenoxy) is 1. The molecule has 98 valence electrons. The van der Waals surface area contributed by atoms with E-state index < -0.39 is 0 Å². The Morgan fingerprint density at radius 1 is 1.61 bits per heavy atom. The maximum Gasteiger partial charge on any atom is 0.251 e. The molecule has 0 aliphatic carbocycles. The van der Waals surface area contributed by atoms with Gasteiger partial charge in [0.2, 0.25) is 0 Å². The number of aromatic nitrogens is 1. The predicted octanol–water partition coefficient (Wildman–Crippen LogP) is 0.546. The van der Waals surface area contributed by atoms with Crippen molar-refractivity contribution < 1.29 is 9.53 Å². The van der Waals surface area contributed by atoms with E-state index in [9.17, 15) is 4.79 Å². The van der Waals surface area contributed by atoms with E-state index in [2.05, 4.69) is 4.98 Å². The minimum Gasteiger partial charge on any atom is -0.364 e. The molecule has 18 heavy (non-hydrogen) atoms. The highest BCUT2D eigenvalue weighted by Gasteiger charge is 2.31. The van der Waals surface area contributed by atoms with Crippen LogP contribution in [0.2, 0.25) is 0 Å². The molecule has 2 rings (SSSR count). The Bertz CT molecular complexity index is 396. The number of pyridine rings is 1. The molecule has 2 N–H and O–H groups in total. The lowest BCUT2D eigenvalue weighted by atomic mass is 10.1. The van der Waals surface area contributed by atoms with E-state index in [0.29, 0.717) is 13.1 Å². The molecule has 0 saturated carbocycles. The second kappa shape index (κ2) is 5.93. The molecular formula is C13H19N3O2. The molecule has 2 atom stereocenters. The molecule has 1 aliphatic rings. The SMILES string of the molecule is CN(Cc1cccnc1)C(=O)[C@@H]1CC[C@H](CN)O1. The van der Waals surface area contributed by atoms with Crippen molar-refractivity contribution in [1.82, 2.24) is 9.88 Å². The van der Waals surface area contributed by atoms with Gasteiger partial charge in [-0.3, -0.25) is 9.78 Å². The average molecular weight is 249 g/mol. The molecule has 2 heterocycles. The van der Waals surface area contributed by atoms with Crippen molar-refractivity contribution in [2.24, 2.45) is 5.73 Å². The van der Waals surface area contributed by atoms with Crippen molar-refractivity contribution in [3.05, 3.63) is 30.1 Å². The fourth-order valence-electron chi connectivity index (χ4n) is 2.15. The van der Waals surface area contributed by atoms with Crippen molar-refractivity contribution in [2.45, 2.75) is 31.6 Å². The highest BCUT2D eigenvalue weighted by atomic mass is 16.5. The van der Waals surface area contributed by atoms with E-state index >= 15 is 0 Å². The quantitative estimate of drug-likeness (QED) is 0.846. The van der Waals surface area contributed by atoms with Gasteiger partial charge in [-0.25, -0.2) is 0 Å². The molecule has 0 aromatic carbocycles. The zero-order chi connectivity index (χ0) is 13.0. The van der Waals surface area contributed by atoms with Crippen molar-refractivity contribution in [3.63, 3.8) is 0 Å². The number of nitrogens with two attached hydrogens (primary N) is 1. The fraction of sp³-hybridized carbons (Fsp3) is 0.538. The van der Waals surface area contributed by atoms with Gasteiger partial charge >= 0.3 is 0 Å². The van der Waals surface area contributed by atoms with Gasteiger partial charge in [-0.05, 0) is 24.5 Å². The summed E-state index contributed by atoms with van der Waals surface area (Å²) in [6.45, 7) is 1.04. The van der Waals surface area contributed by atoms with E-state index in [1.807, 2.05) is 12.1 Å². The van der Waals surface area contributed by atoms with Gasteiger partial charge in [0.25, 0.3) is 5.91 Å². The van der Waals surface area contributed by atoms with E-state index in [4.69, 9.17) is 10.5 Å². The van der Waals surface area contributed by atoms with Crippen molar-refractivity contribution >= 4 is 5.91 Å². The first-order valence-electron chi connectivity index (χ1n) is 6.20. The van der Waals surface area contributed by atoms with Crippen molar-refractivity contribution in [1.29, 1.82) is 0 Å². The van der Waals surface area contributed by atoms with Crippen LogP contribution in [-0.4, -0.2) is 41.6 Å². The highest BCUT2D eigenvalue weighted by molar-refractivity contribution is 5.80. The van der Waals surface area contributed by atoms with Crippen LogP contribution in [0.1, 0.15) is 18.4 Å². The maximum atomic E-state index is 12.2. The first-order valence-corrected chi connectivity index (χ1v) is 6.20. The van der Waals surface area contributed by atoms with Crippen LogP contribution in [0.5, 0.6) is 0 Å². The van der Waals surface area contributed by atoms with Gasteiger partial charge in [-0.2, -0.15) is 0 Å². The molecule has 0 unspecified atom stereocenters. The molecule has 0 bridgehead atoms. The van der Waals surface area contributed by atoms with Crippen LogP contribution in [0, 0.1) is 0 Å². The topological polar surface area (TPSA) is 68.5 Å². The van der Waals surface area contributed by atoms with Gasteiger partial charge in [0, 0.05) is 32.5 Å². The summed E-state index contributed by atoms with van der Waals surface area (Å²) in [5.74, 6) is 0.0230. The number of hydrogen-bond donors (Lipinski definition) is 1. The maximum absolute atomic E-state index is 12.2. The Kier molecular flexibility index (Phi) is 4.28. The first kappa shape index (κ1) is 13.0. The summed E-state index contributed by atoms with van der Waals surface area (Å²) in [4.78, 5) is 17.9. The zero-order valence-electron chi connectivity index (χ0n) is 10.6. The summed E-state index contributed by atoms with van der Waals surface area (Å²) in [5.41, 5.74) is 6.55. The van der Waals surface area contributed by atoms with Crippen LogP contribution in [0.3, 0.4) is 0 Å². The lowest BCUT2D eigenvalue weighted by Gasteiger charge is -2.21. The molecule has 0 spiro atoms. The van der Waals surface area contributed by atoms with Gasteiger partial charge in [0.15, 0.2) is 0 Å². The second-order valence-electron chi connectivity index (χ2n) is 4.62. The van der Waals surface area contributed by atoms with Crippen LogP contribution >= 0.6 is 0 Å². The highest BCUT2D eigenvalue weighted by Crippen LogP contribution is 2.20. The lowest BCUT2D eigenvalue weighted by molar-refractivity contribution is -0.141. The Hall–Kier alpha value is -1.46. The van der Waals surface area contributed by atoms with Crippen molar-refractivity contribution in [2.75, 3.05) is 13.6 Å². The third-order valence-corrected chi connectivity index (χ3v) is 3.16. The summed E-state index contributed by atoms with van der Waals surface area (Å²) in [6.07, 6.45) is 4.82. The molecule has 0 radical (unpaired) electrons.